The molecule has 0 amide bonds. The molecule has 0 bridgehead atoms. The smallest absolute Gasteiger partial charge is 0.0642 e. The molecule has 4 heterocycles. The third kappa shape index (κ3) is 54.6. The molecule has 58 heavy (non-hydrogen) atoms. The monoisotopic (exact) mass is 825 g/mol. The lowest BCUT2D eigenvalue weighted by atomic mass is 10.1. The topological polar surface area (TPSA) is 94.8 Å². The Hall–Kier alpha value is -3.48. The number of ether oxygens (including phenoxy) is 2. The largest absolute Gasteiger partial charge is 0.393 e. The fraction of sp³-hybridized carbons (Fsp3) is 0.739. The van der Waals surface area contributed by atoms with Crippen LogP contribution in [-0.2, 0) is 9.47 Å². The van der Waals surface area contributed by atoms with E-state index in [0.29, 0.717) is 0 Å². The summed E-state index contributed by atoms with van der Waals surface area (Å²) in [5, 5.41) is 15.1. The number of nitrogens with one attached hydrogen (secondary N) is 5. The maximum Gasteiger partial charge on any atom is 0.0642 e. The molecule has 12 nitrogen and oxygen atoms in total. The number of likely N-dealkylation sites (N-methyl/N-ethyl adjacent to an activating group) is 1. The van der Waals surface area contributed by atoms with Gasteiger partial charge in [0.05, 0.1) is 26.4 Å². The van der Waals surface area contributed by atoms with Crippen LogP contribution < -0.4 is 26.6 Å². The van der Waals surface area contributed by atoms with Crippen LogP contribution in [0.1, 0.15) is 94.9 Å². The molecule has 5 N–H and O–H groups in total. The summed E-state index contributed by atoms with van der Waals surface area (Å²) in [4.78, 5) is 11.5. The van der Waals surface area contributed by atoms with E-state index in [9.17, 15) is 0 Å². The van der Waals surface area contributed by atoms with Gasteiger partial charge in [-0.05, 0) is 60.2 Å². The summed E-state index contributed by atoms with van der Waals surface area (Å²) in [6, 6.07) is 0. The van der Waals surface area contributed by atoms with Crippen LogP contribution in [0.2, 0.25) is 0 Å². The first-order valence-corrected chi connectivity index (χ1v) is 22.5. The third-order valence-electron chi connectivity index (χ3n) is 7.47. The van der Waals surface area contributed by atoms with Crippen LogP contribution in [0, 0.1) is 0 Å². The number of hydrogen-bond acceptors (Lipinski definition) is 12. The van der Waals surface area contributed by atoms with Crippen molar-refractivity contribution in [2.24, 2.45) is 0 Å². The molecular weight excluding hydrogens is 725 g/mol. The van der Waals surface area contributed by atoms with Crippen LogP contribution in [-0.4, -0.2) is 158 Å². The molecule has 4 fully saturated rings. The highest BCUT2D eigenvalue weighted by Gasteiger charge is 2.09. The number of rotatable bonds is 11. The van der Waals surface area contributed by atoms with Crippen molar-refractivity contribution in [1.29, 1.82) is 0 Å². The van der Waals surface area contributed by atoms with E-state index in [4.69, 9.17) is 9.47 Å². The number of hydrogen-bond donors (Lipinski definition) is 5. The lowest BCUT2D eigenvalue weighted by Gasteiger charge is -2.31. The molecule has 0 spiro atoms. The Labute approximate surface area is 362 Å². The summed E-state index contributed by atoms with van der Waals surface area (Å²) in [6.07, 6.45) is 27.3. The molecule has 4 aliphatic heterocycles. The van der Waals surface area contributed by atoms with E-state index >= 15 is 0 Å². The van der Waals surface area contributed by atoms with Crippen LogP contribution in [0.15, 0.2) is 74.5 Å². The summed E-state index contributed by atoms with van der Waals surface area (Å²) in [7, 11) is 7.92. The maximum absolute atomic E-state index is 5.21. The van der Waals surface area contributed by atoms with E-state index in [1.54, 1.807) is 6.08 Å². The molecule has 0 unspecified atom stereocenters. The average molecular weight is 825 g/mol. The van der Waals surface area contributed by atoms with Gasteiger partial charge in [0, 0.05) is 149 Å². The maximum atomic E-state index is 5.21. The predicted molar refractivity (Wildman–Crippen MR) is 260 cm³/mol. The van der Waals surface area contributed by atoms with E-state index in [-0.39, 0.29) is 0 Å². The second-order valence-electron chi connectivity index (χ2n) is 12.6. The van der Waals surface area contributed by atoms with Crippen LogP contribution in [0.3, 0.4) is 0 Å². The van der Waals surface area contributed by atoms with Gasteiger partial charge in [0.15, 0.2) is 0 Å². The Bertz CT molecular complexity index is 833. The number of morpholine rings is 2. The zero-order valence-electron chi connectivity index (χ0n) is 40.8. The van der Waals surface area contributed by atoms with Crippen LogP contribution in [0.5, 0.6) is 0 Å². The van der Waals surface area contributed by atoms with Crippen molar-refractivity contribution in [3.63, 3.8) is 0 Å². The van der Waals surface area contributed by atoms with Gasteiger partial charge < -0.3 is 60.6 Å². The highest BCUT2D eigenvalue weighted by molar-refractivity contribution is 4.84. The standard InChI is InChI=1S/C8H17N3.C8H16N2O.C8H16N2.C7H14N2O.C5H11N.C3H8.C3H6.2C2H6/c1-9-3-4-11-7-5-10(2)6-8-11;1-2-9-3-4-10-5-7-11-8-6-10;1-9-5-8-10-6-3-2-4-7-10;1-8-2-3-9-4-6-10-7-5-9;1-3-5-6-4-2;2*1-3-2;2*1-2/h3-4,9H,5-8H2,1-2H3;3-4,9H,2,5-8H2,1H3;5,8-9H,2-4,6-7H2,1H3;2-3,8H,4-7H2,1H3;3,5-6H,4H2,1-2H3;3H2,1-2H3;3H,1H2,2H3;2*1-2H3. The number of nitrogens with zero attached hydrogens (tertiary/aromatic N) is 5. The molecule has 0 radical (unpaired) electrons. The molecule has 4 aliphatic rings. The molecule has 4 rings (SSSR count). The summed E-state index contributed by atoms with van der Waals surface area (Å²) >= 11 is 0. The molecule has 0 atom stereocenters. The first-order chi connectivity index (χ1) is 28.4. The predicted octanol–water partition coefficient (Wildman–Crippen LogP) is 7.29. The minimum atomic E-state index is 0.855. The van der Waals surface area contributed by atoms with Gasteiger partial charge in [-0.25, -0.2) is 0 Å². The highest BCUT2D eigenvalue weighted by atomic mass is 16.5. The van der Waals surface area contributed by atoms with Gasteiger partial charge in [0.25, 0.3) is 0 Å². The fourth-order valence-electron chi connectivity index (χ4n) is 4.54. The van der Waals surface area contributed by atoms with E-state index < -0.39 is 0 Å². The van der Waals surface area contributed by atoms with Gasteiger partial charge in [-0.2, -0.15) is 0 Å². The van der Waals surface area contributed by atoms with Crippen LogP contribution in [0.4, 0.5) is 0 Å². The molecule has 0 aliphatic carbocycles. The van der Waals surface area contributed by atoms with Crippen molar-refractivity contribution in [1.82, 2.24) is 51.1 Å². The van der Waals surface area contributed by atoms with Crippen molar-refractivity contribution >= 4 is 0 Å². The second kappa shape index (κ2) is 60.2. The SMILES string of the molecule is C=CC.CC.CC.CC=CNCC.CCC.CCNC=CN1CCOCC1.CNC=CN1CCCCC1.CNC=CN1CCN(C)CC1.CNC=CN1CCOCC1. The van der Waals surface area contributed by atoms with E-state index in [0.717, 1.165) is 78.8 Å². The van der Waals surface area contributed by atoms with Crippen molar-refractivity contribution in [2.45, 2.75) is 94.9 Å². The zero-order valence-corrected chi connectivity index (χ0v) is 40.8. The Morgan fingerprint density at radius 1 is 0.483 bits per heavy atom. The van der Waals surface area contributed by atoms with Crippen LogP contribution >= 0.6 is 0 Å². The highest BCUT2D eigenvalue weighted by Crippen LogP contribution is 2.08. The van der Waals surface area contributed by atoms with Crippen LogP contribution in [0.25, 0.3) is 0 Å². The average Bonchev–Trinajstić information content (AvgIpc) is 3.28. The van der Waals surface area contributed by atoms with Crippen molar-refractivity contribution < 1.29 is 9.47 Å². The number of allylic oxidation sites excluding steroid dienone is 2. The summed E-state index contributed by atoms with van der Waals surface area (Å²) < 4.78 is 10.4. The molecular formula is C46H100N10O2. The third-order valence-corrected chi connectivity index (χ3v) is 7.47. The van der Waals surface area contributed by atoms with Gasteiger partial charge in [-0.3, -0.25) is 0 Å². The first kappa shape index (κ1) is 63.7. The molecule has 0 aromatic carbocycles. The molecule has 12 heteroatoms. The second-order valence-corrected chi connectivity index (χ2v) is 12.6. The van der Waals surface area contributed by atoms with E-state index in [1.165, 1.54) is 51.9 Å². The lowest BCUT2D eigenvalue weighted by molar-refractivity contribution is 0.0592. The zero-order chi connectivity index (χ0) is 44.8. The summed E-state index contributed by atoms with van der Waals surface area (Å²) in [5.74, 6) is 0. The normalized spacial score (nSPS) is 16.2. The van der Waals surface area contributed by atoms with Gasteiger partial charge in [-0.15, -0.1) is 6.58 Å². The van der Waals surface area contributed by atoms with Crippen molar-refractivity contribution in [3.05, 3.63) is 74.5 Å². The minimum absolute atomic E-state index is 0.855. The molecule has 4 saturated heterocycles. The van der Waals surface area contributed by atoms with Gasteiger partial charge >= 0.3 is 0 Å². The summed E-state index contributed by atoms with van der Waals surface area (Å²) in [5.41, 5.74) is 0. The van der Waals surface area contributed by atoms with Gasteiger partial charge in [0.1, 0.15) is 0 Å². The van der Waals surface area contributed by atoms with E-state index in [1.807, 2.05) is 99.8 Å². The van der Waals surface area contributed by atoms with Gasteiger partial charge in [0.2, 0.25) is 0 Å². The summed E-state index contributed by atoms with van der Waals surface area (Å²) in [6.45, 7) is 40.2. The van der Waals surface area contributed by atoms with E-state index in [2.05, 4.69) is 117 Å². The molecule has 0 aromatic heterocycles. The first-order valence-electron chi connectivity index (χ1n) is 22.5. The number of piperazine rings is 1. The van der Waals surface area contributed by atoms with Crippen molar-refractivity contribution in [3.8, 4) is 0 Å². The Balaban J connectivity index is -0.000000192. The number of likely N-dealkylation sites (tertiary alicyclic amines) is 1. The molecule has 0 saturated carbocycles. The lowest BCUT2D eigenvalue weighted by Crippen LogP contribution is -2.41. The molecule has 346 valence electrons. The minimum Gasteiger partial charge on any atom is -0.393 e. The Kier molecular flexibility index (Phi) is 66.1. The fourth-order valence-corrected chi connectivity index (χ4v) is 4.54. The van der Waals surface area contributed by atoms with Crippen molar-refractivity contribution in [2.75, 3.05) is 133 Å². The Morgan fingerprint density at radius 3 is 1.10 bits per heavy atom. The molecule has 0 aromatic rings. The van der Waals surface area contributed by atoms with Gasteiger partial charge in [-0.1, -0.05) is 60.1 Å². The Morgan fingerprint density at radius 2 is 0.793 bits per heavy atom. The quantitative estimate of drug-likeness (QED) is 0.136. The number of piperidine rings is 1.